The van der Waals surface area contributed by atoms with Crippen molar-refractivity contribution in [2.45, 2.75) is 46.5 Å². The summed E-state index contributed by atoms with van der Waals surface area (Å²) >= 11 is 1.42. The van der Waals surface area contributed by atoms with Crippen molar-refractivity contribution < 1.29 is 9.59 Å². The summed E-state index contributed by atoms with van der Waals surface area (Å²) < 4.78 is 0. The average Bonchev–Trinajstić information content (AvgIpc) is 3.09. The van der Waals surface area contributed by atoms with E-state index in [2.05, 4.69) is 11.9 Å². The minimum atomic E-state index is 0.0484. The quantitative estimate of drug-likeness (QED) is 0.355. The van der Waals surface area contributed by atoms with E-state index in [0.717, 1.165) is 48.1 Å². The topological polar surface area (TPSA) is 77.4 Å². The van der Waals surface area contributed by atoms with Crippen LogP contribution in [0.25, 0.3) is 10.2 Å². The molecule has 0 amide bonds. The van der Waals surface area contributed by atoms with E-state index < -0.39 is 0 Å². The Morgan fingerprint density at radius 2 is 1.96 bits per heavy atom. The first-order valence-corrected chi connectivity index (χ1v) is 10.5. The largest absolute Gasteiger partial charge is 0.377 e. The van der Waals surface area contributed by atoms with Crippen LogP contribution in [0.1, 0.15) is 56.1 Å². The van der Waals surface area contributed by atoms with Gasteiger partial charge in [-0.1, -0.05) is 20.3 Å². The molecule has 0 aliphatic rings. The number of unbranched alkanes of at least 4 members (excludes halogenated alkanes) is 1. The van der Waals surface area contributed by atoms with Gasteiger partial charge in [0.25, 0.3) is 0 Å². The number of aromatic nitrogens is 1. The molecule has 0 fully saturated rings. The molecule has 2 heterocycles. The SMILES string of the molecule is CCCC(C)=O.CCCCN(C=N)CC(=O)c1cc2c(N(C)C)ccnc2s1. The summed E-state index contributed by atoms with van der Waals surface area (Å²) in [5.74, 6) is 0.338. The van der Waals surface area contributed by atoms with Crippen LogP contribution < -0.4 is 4.90 Å². The Hall–Kier alpha value is -2.28. The molecular weight excluding hydrogens is 372 g/mol. The predicted molar refractivity (Wildman–Crippen MR) is 119 cm³/mol. The molecule has 2 rings (SSSR count). The highest BCUT2D eigenvalue weighted by atomic mass is 32.1. The third kappa shape index (κ3) is 7.38. The molecule has 0 saturated carbocycles. The minimum absolute atomic E-state index is 0.0484. The highest BCUT2D eigenvalue weighted by Gasteiger charge is 2.15. The summed E-state index contributed by atoms with van der Waals surface area (Å²) in [7, 11) is 3.96. The molecule has 1 N–H and O–H groups in total. The number of nitrogens with zero attached hydrogens (tertiary/aromatic N) is 3. The van der Waals surface area contributed by atoms with Gasteiger partial charge < -0.3 is 14.6 Å². The van der Waals surface area contributed by atoms with E-state index in [4.69, 9.17) is 5.41 Å². The van der Waals surface area contributed by atoms with Gasteiger partial charge in [-0.2, -0.15) is 0 Å². The zero-order valence-corrected chi connectivity index (χ0v) is 18.4. The van der Waals surface area contributed by atoms with Crippen LogP contribution in [0.5, 0.6) is 0 Å². The van der Waals surface area contributed by atoms with Crippen molar-refractivity contribution in [2.24, 2.45) is 0 Å². The van der Waals surface area contributed by atoms with Gasteiger partial charge in [-0.05, 0) is 31.9 Å². The Balaban J connectivity index is 0.000000568. The van der Waals surface area contributed by atoms with E-state index in [1.807, 2.05) is 38.1 Å². The van der Waals surface area contributed by atoms with E-state index in [9.17, 15) is 9.59 Å². The number of anilines is 1. The Morgan fingerprint density at radius 1 is 1.25 bits per heavy atom. The lowest BCUT2D eigenvalue weighted by Gasteiger charge is -2.16. The van der Waals surface area contributed by atoms with Crippen LogP contribution in [-0.4, -0.2) is 55.0 Å². The zero-order valence-electron chi connectivity index (χ0n) is 17.6. The number of hydrogen-bond acceptors (Lipinski definition) is 6. The van der Waals surface area contributed by atoms with Gasteiger partial charge in [0, 0.05) is 44.3 Å². The van der Waals surface area contributed by atoms with Crippen molar-refractivity contribution in [1.82, 2.24) is 9.88 Å². The van der Waals surface area contributed by atoms with Crippen LogP contribution >= 0.6 is 11.3 Å². The second-order valence-corrected chi connectivity index (χ2v) is 7.91. The number of thiophene rings is 1. The van der Waals surface area contributed by atoms with Crippen molar-refractivity contribution in [3.63, 3.8) is 0 Å². The average molecular weight is 405 g/mol. The van der Waals surface area contributed by atoms with Gasteiger partial charge in [0.2, 0.25) is 0 Å². The minimum Gasteiger partial charge on any atom is -0.377 e. The Bertz CT molecular complexity index is 786. The molecule has 2 aromatic rings. The summed E-state index contributed by atoms with van der Waals surface area (Å²) in [5.41, 5.74) is 1.06. The van der Waals surface area contributed by atoms with E-state index in [1.165, 1.54) is 17.7 Å². The maximum atomic E-state index is 12.5. The highest BCUT2D eigenvalue weighted by molar-refractivity contribution is 7.20. The molecular formula is C21H32N4O2S. The smallest absolute Gasteiger partial charge is 0.192 e. The standard InChI is InChI=1S/C16H22N4OS.C5H10O/c1-4-5-8-20(11-17)10-14(21)15-9-12-13(19(2)3)6-7-18-16(12)22-15;1-3-4-5(2)6/h6-7,9,11,17H,4-5,8,10H2,1-3H3;3-4H2,1-2H3. The Labute approximate surface area is 172 Å². The maximum absolute atomic E-state index is 12.5. The van der Waals surface area contributed by atoms with Crippen molar-refractivity contribution in [1.29, 1.82) is 5.41 Å². The van der Waals surface area contributed by atoms with Crippen molar-refractivity contribution in [2.75, 3.05) is 32.1 Å². The fourth-order valence-electron chi connectivity index (χ4n) is 2.62. The molecule has 0 unspecified atom stereocenters. The summed E-state index contributed by atoms with van der Waals surface area (Å²) in [5, 5.41) is 8.44. The normalized spacial score (nSPS) is 10.2. The molecule has 0 atom stereocenters. The fraction of sp³-hybridized carbons (Fsp3) is 0.524. The van der Waals surface area contributed by atoms with Crippen molar-refractivity contribution in [3.05, 3.63) is 23.2 Å². The lowest BCUT2D eigenvalue weighted by Crippen LogP contribution is -2.29. The maximum Gasteiger partial charge on any atom is 0.192 e. The molecule has 28 heavy (non-hydrogen) atoms. The monoisotopic (exact) mass is 404 g/mol. The van der Waals surface area contributed by atoms with Crippen molar-refractivity contribution in [3.8, 4) is 0 Å². The second kappa shape index (κ2) is 12.2. The van der Waals surface area contributed by atoms with Crippen LogP contribution in [-0.2, 0) is 4.79 Å². The number of ketones is 2. The first kappa shape index (κ1) is 23.8. The first-order chi connectivity index (χ1) is 13.3. The van der Waals surface area contributed by atoms with E-state index in [0.29, 0.717) is 4.88 Å². The van der Waals surface area contributed by atoms with Gasteiger partial charge in [-0.25, -0.2) is 4.98 Å². The molecule has 0 spiro atoms. The van der Waals surface area contributed by atoms with E-state index in [1.54, 1.807) is 18.0 Å². The lowest BCUT2D eigenvalue weighted by atomic mass is 10.2. The van der Waals surface area contributed by atoms with Gasteiger partial charge in [0.1, 0.15) is 10.6 Å². The van der Waals surface area contributed by atoms with E-state index in [-0.39, 0.29) is 18.1 Å². The molecule has 0 saturated heterocycles. The van der Waals surface area contributed by atoms with Gasteiger partial charge >= 0.3 is 0 Å². The number of Topliss-reactive ketones (excluding diaryl/α,β-unsaturated/α-hetero) is 2. The molecule has 154 valence electrons. The summed E-state index contributed by atoms with van der Waals surface area (Å²) in [4.78, 5) is 32.2. The highest BCUT2D eigenvalue weighted by Crippen LogP contribution is 2.31. The van der Waals surface area contributed by atoms with Gasteiger partial charge in [0.15, 0.2) is 5.78 Å². The number of hydrogen-bond donors (Lipinski definition) is 1. The van der Waals surface area contributed by atoms with Crippen LogP contribution in [0.2, 0.25) is 0 Å². The summed E-state index contributed by atoms with van der Waals surface area (Å²) in [6.45, 7) is 6.72. The Morgan fingerprint density at radius 3 is 2.46 bits per heavy atom. The first-order valence-electron chi connectivity index (χ1n) is 9.67. The van der Waals surface area contributed by atoms with Crippen molar-refractivity contribution >= 4 is 45.1 Å². The lowest BCUT2D eigenvalue weighted by molar-refractivity contribution is -0.117. The number of fused-ring (bicyclic) bond motifs is 1. The number of pyridine rings is 1. The molecule has 6 nitrogen and oxygen atoms in total. The molecule has 0 aromatic carbocycles. The van der Waals surface area contributed by atoms with Crippen LogP contribution in [0.15, 0.2) is 18.3 Å². The van der Waals surface area contributed by atoms with Gasteiger partial charge in [-0.15, -0.1) is 11.3 Å². The van der Waals surface area contributed by atoms with Gasteiger partial charge in [0.05, 0.1) is 17.8 Å². The van der Waals surface area contributed by atoms with Crippen LogP contribution in [0, 0.1) is 5.41 Å². The van der Waals surface area contributed by atoms with Gasteiger partial charge in [-0.3, -0.25) is 10.2 Å². The van der Waals surface area contributed by atoms with Crippen LogP contribution in [0.4, 0.5) is 5.69 Å². The third-order valence-corrected chi connectivity index (χ3v) is 5.18. The summed E-state index contributed by atoms with van der Waals surface area (Å²) in [6, 6.07) is 3.88. The molecule has 0 bridgehead atoms. The molecule has 7 heteroatoms. The predicted octanol–water partition coefficient (Wildman–Crippen LogP) is 4.63. The number of rotatable bonds is 10. The number of carbonyl (C=O) groups excluding carboxylic acids is 2. The number of carbonyl (C=O) groups is 2. The fourth-order valence-corrected chi connectivity index (χ4v) is 3.57. The molecule has 2 aromatic heterocycles. The number of nitrogens with one attached hydrogen (secondary N) is 1. The summed E-state index contributed by atoms with van der Waals surface area (Å²) in [6.07, 6.45) is 6.78. The zero-order chi connectivity index (χ0) is 21.1. The molecule has 0 radical (unpaired) electrons. The molecule has 0 aliphatic carbocycles. The second-order valence-electron chi connectivity index (χ2n) is 6.88. The van der Waals surface area contributed by atoms with E-state index >= 15 is 0 Å². The Kier molecular flexibility index (Phi) is 10.4. The molecule has 0 aliphatic heterocycles. The van der Waals surface area contributed by atoms with Crippen LogP contribution in [0.3, 0.4) is 0 Å². The third-order valence-electron chi connectivity index (χ3n) is 4.10.